The standard InChI is InChI=1S/C5H5.C4H4N.C2H7Si.3CH3.2ClH.Zr/c2*1-2-4-5-3-1;1-3-2;;;;;;/h1-3H,4H2;1-3,5H;3H,1-2H3;3*1H3;2*1H;. The van der Waals surface area contributed by atoms with E-state index >= 15 is 0 Å². The number of nitrogens with one attached hydrogen (secondary N) is 1. The molecule has 1 aliphatic carbocycles. The molecule has 0 bridgehead atoms. The van der Waals surface area contributed by atoms with E-state index in [1.165, 1.54) is 6.42 Å². The molecule has 1 nitrogen and oxygen atoms in total. The van der Waals surface area contributed by atoms with E-state index in [9.17, 15) is 0 Å². The topological polar surface area (TPSA) is 15.8 Å². The molecule has 0 aliphatic heterocycles. The molecule has 110 valence electrons. The van der Waals surface area contributed by atoms with Crippen molar-refractivity contribution in [2.45, 2.75) is 33.4 Å². The molecule has 1 aromatic heterocycles. The van der Waals surface area contributed by atoms with Gasteiger partial charge in [-0.05, 0) is 0 Å². The summed E-state index contributed by atoms with van der Waals surface area (Å²) in [6.45, 7) is 5.08. The first kappa shape index (κ1) is 19.4. The maximum Gasteiger partial charge on any atom is -0.147 e. The Morgan fingerprint density at radius 3 is 2.16 bits per heavy atom. The first-order chi connectivity index (χ1) is 7.72. The second kappa shape index (κ2) is 5.33. The third kappa shape index (κ3) is 2.52. The van der Waals surface area contributed by atoms with Crippen molar-refractivity contribution in [3.05, 3.63) is 39.8 Å². The summed E-state index contributed by atoms with van der Waals surface area (Å²) < 4.78 is 11.2. The van der Waals surface area contributed by atoms with Gasteiger partial charge in [-0.1, -0.05) is 0 Å². The van der Waals surface area contributed by atoms with Crippen LogP contribution in [0.4, 0.5) is 0 Å². The van der Waals surface area contributed by atoms with Crippen molar-refractivity contribution in [1.82, 2.24) is 4.98 Å². The Morgan fingerprint density at radius 2 is 1.79 bits per heavy atom. The SMILES string of the molecule is C[SiH](C)[Zr]([CH3])([CH3])([CH3])([C]1=CC=CC1)[c]1ccc[nH]1.Cl.Cl. The first-order valence-electron chi connectivity index (χ1n) is 6.65. The third-order valence-corrected chi connectivity index (χ3v) is 62.3. The number of H-pyrrole nitrogens is 1. The molecule has 0 amide bonds. The number of hydrogen-bond donors (Lipinski definition) is 1. The molecule has 0 radical (unpaired) electrons. The van der Waals surface area contributed by atoms with E-state index in [1.54, 1.807) is 6.68 Å². The molecule has 0 spiro atoms. The van der Waals surface area contributed by atoms with E-state index in [2.05, 4.69) is 68.5 Å². The van der Waals surface area contributed by atoms with Crippen LogP contribution in [0.15, 0.2) is 39.8 Å². The summed E-state index contributed by atoms with van der Waals surface area (Å²) in [6, 6.07) is 4.50. The van der Waals surface area contributed by atoms with Gasteiger partial charge < -0.3 is 0 Å². The molecule has 0 unspecified atom stereocenters. The molecule has 0 saturated carbocycles. The van der Waals surface area contributed by atoms with Crippen LogP contribution in [0.25, 0.3) is 0 Å². The van der Waals surface area contributed by atoms with Crippen molar-refractivity contribution in [3.63, 3.8) is 0 Å². The van der Waals surface area contributed by atoms with Crippen molar-refractivity contribution in [1.29, 1.82) is 0 Å². The van der Waals surface area contributed by atoms with Crippen molar-refractivity contribution >= 4 is 34.1 Å². The molecular weight excluding hydrogens is 372 g/mol. The minimum Gasteiger partial charge on any atom is -0.147 e. The first-order valence-corrected chi connectivity index (χ1v) is 23.6. The molecule has 1 N–H and O–H groups in total. The zero-order valence-corrected chi connectivity index (χ0v) is 17.8. The van der Waals surface area contributed by atoms with E-state index in [0.717, 1.165) is 0 Å². The number of allylic oxidation sites excluding steroid dienone is 4. The molecule has 0 fully saturated rings. The van der Waals surface area contributed by atoms with Crippen LogP contribution in [0.1, 0.15) is 6.42 Å². The van der Waals surface area contributed by atoms with Crippen LogP contribution in [0.2, 0.25) is 27.0 Å². The minimum absolute atomic E-state index is 0. The van der Waals surface area contributed by atoms with Crippen molar-refractivity contribution in [2.24, 2.45) is 0 Å². The van der Waals surface area contributed by atoms with E-state index < -0.39 is 22.4 Å². The maximum absolute atomic E-state index is 3.57. The molecule has 1 aliphatic rings. The average molecular weight is 400 g/mol. The van der Waals surface area contributed by atoms with Crippen LogP contribution in [0, 0.1) is 0 Å². The van der Waals surface area contributed by atoms with Crippen LogP contribution in [0.3, 0.4) is 0 Å². The van der Waals surface area contributed by atoms with Gasteiger partial charge in [-0.25, -0.2) is 0 Å². The fraction of sp³-hybridized carbons (Fsp3) is 0.429. The second-order valence-electron chi connectivity index (χ2n) is 7.84. The van der Waals surface area contributed by atoms with Crippen molar-refractivity contribution in [2.75, 3.05) is 0 Å². The zero-order chi connectivity index (χ0) is 12.8. The van der Waals surface area contributed by atoms with Gasteiger partial charge in [0.05, 0.1) is 0 Å². The van der Waals surface area contributed by atoms with Gasteiger partial charge in [-0.15, -0.1) is 24.8 Å². The van der Waals surface area contributed by atoms with Crippen LogP contribution in [-0.4, -0.2) is 10.9 Å². The summed E-state index contributed by atoms with van der Waals surface area (Å²) in [5.74, 6) is -0.813. The van der Waals surface area contributed by atoms with E-state index in [0.29, 0.717) is 0 Å². The Hall–Kier alpha value is 0.440. The van der Waals surface area contributed by atoms with Crippen LogP contribution >= 0.6 is 24.8 Å². The Morgan fingerprint density at radius 1 is 1.16 bits per heavy atom. The van der Waals surface area contributed by atoms with Crippen molar-refractivity contribution in [3.8, 4) is 0 Å². The largest absolute Gasteiger partial charge is 0.147 e. The summed E-state index contributed by atoms with van der Waals surface area (Å²) in [7, 11) is 0. The van der Waals surface area contributed by atoms with Gasteiger partial charge >= 0.3 is 104 Å². The van der Waals surface area contributed by atoms with Gasteiger partial charge in [0.25, 0.3) is 0 Å². The fourth-order valence-electron chi connectivity index (χ4n) is 3.02. The Kier molecular flexibility index (Phi) is 5.45. The van der Waals surface area contributed by atoms with Gasteiger partial charge in [0.2, 0.25) is 0 Å². The van der Waals surface area contributed by atoms with E-state index in [1.807, 2.05) is 0 Å². The Labute approximate surface area is 128 Å². The van der Waals surface area contributed by atoms with Gasteiger partial charge in [-0.3, -0.25) is 0 Å². The Balaban J connectivity index is 0.00000162. The molecule has 0 saturated heterocycles. The summed E-state index contributed by atoms with van der Waals surface area (Å²) in [5.41, 5.74) is 0. The fourth-order valence-corrected chi connectivity index (χ4v) is 25.4. The average Bonchev–Trinajstić information content (AvgIpc) is 2.92. The van der Waals surface area contributed by atoms with Gasteiger partial charge in [0.15, 0.2) is 0 Å². The third-order valence-electron chi connectivity index (χ3n) is 6.09. The molecule has 19 heavy (non-hydrogen) atoms. The summed E-state index contributed by atoms with van der Waals surface area (Å²) in [5, 5.41) is 0. The number of rotatable bonds is 3. The van der Waals surface area contributed by atoms with Crippen LogP contribution < -0.4 is 3.40 Å². The summed E-state index contributed by atoms with van der Waals surface area (Å²) >= 11 is -3.43. The number of hydrogen-bond acceptors (Lipinski definition) is 0. The molecule has 0 atom stereocenters. The zero-order valence-electron chi connectivity index (χ0n) is 12.6. The molecule has 1 aromatic rings. The van der Waals surface area contributed by atoms with E-state index in [-0.39, 0.29) is 24.8 Å². The predicted octanol–water partition coefficient (Wildman–Crippen LogP) is 4.68. The predicted molar refractivity (Wildman–Crippen MR) is 93.2 cm³/mol. The molecular formula is C14H27Cl2NSiZr. The number of aromatic nitrogens is 1. The number of halogens is 2. The van der Waals surface area contributed by atoms with E-state index in [4.69, 9.17) is 0 Å². The van der Waals surface area contributed by atoms with Crippen molar-refractivity contribution < 1.29 is 16.5 Å². The van der Waals surface area contributed by atoms with Crippen LogP contribution in [-0.2, 0) is 16.5 Å². The quantitative estimate of drug-likeness (QED) is 0.711. The molecule has 0 aromatic carbocycles. The van der Waals surface area contributed by atoms with Gasteiger partial charge in [0.1, 0.15) is 0 Å². The Bertz CT molecular complexity index is 507. The molecule has 2 rings (SSSR count). The van der Waals surface area contributed by atoms with Crippen LogP contribution in [0.5, 0.6) is 0 Å². The summed E-state index contributed by atoms with van der Waals surface area (Å²) in [4.78, 5) is 3.57. The monoisotopic (exact) mass is 397 g/mol. The normalized spacial score (nSPS) is 18.1. The number of aromatic amines is 1. The molecule has 1 heterocycles. The molecule has 5 heteroatoms. The van der Waals surface area contributed by atoms with Gasteiger partial charge in [-0.2, -0.15) is 0 Å². The minimum atomic E-state index is -3.43. The van der Waals surface area contributed by atoms with Gasteiger partial charge in [0, 0.05) is 0 Å². The smallest absolute Gasteiger partial charge is 0.147 e. The maximum atomic E-state index is 3.57. The summed E-state index contributed by atoms with van der Waals surface area (Å²) in [6.07, 6.45) is 10.2. The second-order valence-corrected chi connectivity index (χ2v) is 56.3.